The molecule has 0 unspecified atom stereocenters. The highest BCUT2D eigenvalue weighted by Crippen LogP contribution is 2.21. The number of nitrogens with zero attached hydrogens (tertiary/aromatic N) is 2. The molecule has 2 aliphatic rings. The van der Waals surface area contributed by atoms with Crippen molar-refractivity contribution < 1.29 is 4.74 Å². The summed E-state index contributed by atoms with van der Waals surface area (Å²) in [5, 5.41) is 3.31. The first kappa shape index (κ1) is 14.5. The van der Waals surface area contributed by atoms with Gasteiger partial charge in [-0.2, -0.15) is 0 Å². The van der Waals surface area contributed by atoms with Crippen molar-refractivity contribution >= 4 is 5.82 Å². The van der Waals surface area contributed by atoms with E-state index in [1.807, 2.05) is 0 Å². The standard InChI is InChI=1S/C19H23N3O/c1-2-12-22(11-1)13-15-3-7-18(8-4-15)23-14-17-6-5-16-9-10-20-19(16)21-17/h3-8H,1-2,9-14H2,(H,20,21). The summed E-state index contributed by atoms with van der Waals surface area (Å²) in [7, 11) is 0. The maximum atomic E-state index is 5.87. The number of likely N-dealkylation sites (tertiary alicyclic amines) is 1. The van der Waals surface area contributed by atoms with E-state index in [0.717, 1.165) is 36.8 Å². The molecular weight excluding hydrogens is 286 g/mol. The van der Waals surface area contributed by atoms with Crippen molar-refractivity contribution in [2.24, 2.45) is 0 Å². The first-order valence-electron chi connectivity index (χ1n) is 8.53. The van der Waals surface area contributed by atoms with Crippen LogP contribution in [-0.2, 0) is 19.6 Å². The van der Waals surface area contributed by atoms with Gasteiger partial charge in [0.2, 0.25) is 0 Å². The number of aromatic nitrogens is 1. The van der Waals surface area contributed by atoms with Crippen LogP contribution in [0.3, 0.4) is 0 Å². The minimum absolute atomic E-state index is 0.514. The fraction of sp³-hybridized carbons (Fsp3) is 0.421. The van der Waals surface area contributed by atoms with Gasteiger partial charge in [-0.1, -0.05) is 18.2 Å². The number of fused-ring (bicyclic) bond motifs is 1. The van der Waals surface area contributed by atoms with E-state index >= 15 is 0 Å². The van der Waals surface area contributed by atoms with Crippen molar-refractivity contribution in [2.75, 3.05) is 25.0 Å². The molecule has 2 aliphatic heterocycles. The monoisotopic (exact) mass is 309 g/mol. The van der Waals surface area contributed by atoms with E-state index in [-0.39, 0.29) is 0 Å². The molecule has 0 saturated carbocycles. The van der Waals surface area contributed by atoms with E-state index in [1.165, 1.54) is 37.1 Å². The van der Waals surface area contributed by atoms with E-state index in [1.54, 1.807) is 0 Å². The van der Waals surface area contributed by atoms with Crippen LogP contribution in [-0.4, -0.2) is 29.5 Å². The molecule has 23 heavy (non-hydrogen) atoms. The van der Waals surface area contributed by atoms with Gasteiger partial charge in [-0.3, -0.25) is 4.90 Å². The van der Waals surface area contributed by atoms with Crippen LogP contribution < -0.4 is 10.1 Å². The van der Waals surface area contributed by atoms with Gasteiger partial charge in [0, 0.05) is 13.1 Å². The van der Waals surface area contributed by atoms with Gasteiger partial charge < -0.3 is 10.1 Å². The lowest BCUT2D eigenvalue weighted by Gasteiger charge is -2.14. The van der Waals surface area contributed by atoms with Gasteiger partial charge in [-0.15, -0.1) is 0 Å². The summed E-state index contributed by atoms with van der Waals surface area (Å²) in [6.07, 6.45) is 3.75. The number of hydrogen-bond donors (Lipinski definition) is 1. The Morgan fingerprint density at radius 1 is 1.04 bits per heavy atom. The molecule has 120 valence electrons. The van der Waals surface area contributed by atoms with E-state index in [2.05, 4.69) is 51.6 Å². The van der Waals surface area contributed by atoms with Gasteiger partial charge in [0.1, 0.15) is 18.2 Å². The van der Waals surface area contributed by atoms with E-state index in [4.69, 9.17) is 4.74 Å². The molecule has 1 N–H and O–H groups in total. The highest BCUT2D eigenvalue weighted by Gasteiger charge is 2.12. The van der Waals surface area contributed by atoms with Crippen LogP contribution in [0.5, 0.6) is 5.75 Å². The molecule has 1 fully saturated rings. The maximum absolute atomic E-state index is 5.87. The summed E-state index contributed by atoms with van der Waals surface area (Å²) in [5.41, 5.74) is 3.64. The molecule has 1 aromatic carbocycles. The highest BCUT2D eigenvalue weighted by molar-refractivity contribution is 5.49. The first-order valence-corrected chi connectivity index (χ1v) is 8.53. The van der Waals surface area contributed by atoms with Crippen LogP contribution in [0.1, 0.15) is 29.7 Å². The predicted octanol–water partition coefficient (Wildman–Crippen LogP) is 3.22. The van der Waals surface area contributed by atoms with Gasteiger partial charge in [0.05, 0.1) is 5.69 Å². The lowest BCUT2D eigenvalue weighted by Crippen LogP contribution is -2.18. The van der Waals surface area contributed by atoms with E-state index in [9.17, 15) is 0 Å². The van der Waals surface area contributed by atoms with Gasteiger partial charge in [0.25, 0.3) is 0 Å². The average Bonchev–Trinajstić information content (AvgIpc) is 3.25. The third kappa shape index (κ3) is 3.48. The van der Waals surface area contributed by atoms with Gasteiger partial charge >= 0.3 is 0 Å². The third-order valence-corrected chi connectivity index (χ3v) is 4.64. The molecule has 4 rings (SSSR count). The van der Waals surface area contributed by atoms with Gasteiger partial charge in [-0.05, 0) is 61.7 Å². The van der Waals surface area contributed by atoms with E-state index < -0.39 is 0 Å². The largest absolute Gasteiger partial charge is 0.487 e. The minimum atomic E-state index is 0.514. The smallest absolute Gasteiger partial charge is 0.130 e. The van der Waals surface area contributed by atoms with Crippen molar-refractivity contribution in [1.29, 1.82) is 0 Å². The lowest BCUT2D eigenvalue weighted by atomic mass is 10.2. The molecule has 0 bridgehead atoms. The van der Waals surface area contributed by atoms with Crippen molar-refractivity contribution in [1.82, 2.24) is 9.88 Å². The first-order chi connectivity index (χ1) is 11.4. The van der Waals surface area contributed by atoms with Crippen molar-refractivity contribution in [3.63, 3.8) is 0 Å². The molecule has 0 radical (unpaired) electrons. The molecule has 2 aromatic rings. The zero-order valence-corrected chi connectivity index (χ0v) is 13.4. The number of benzene rings is 1. The Morgan fingerprint density at radius 2 is 1.87 bits per heavy atom. The molecule has 4 nitrogen and oxygen atoms in total. The van der Waals surface area contributed by atoms with Crippen LogP contribution >= 0.6 is 0 Å². The second-order valence-corrected chi connectivity index (χ2v) is 6.40. The lowest BCUT2D eigenvalue weighted by molar-refractivity contribution is 0.300. The molecule has 4 heteroatoms. The summed E-state index contributed by atoms with van der Waals surface area (Å²) in [6, 6.07) is 12.7. The topological polar surface area (TPSA) is 37.4 Å². The Morgan fingerprint density at radius 3 is 2.70 bits per heavy atom. The van der Waals surface area contributed by atoms with E-state index in [0.29, 0.717) is 6.61 Å². The molecule has 0 spiro atoms. The fourth-order valence-electron chi connectivity index (χ4n) is 3.33. The number of ether oxygens (including phenoxy) is 1. The number of pyridine rings is 1. The average molecular weight is 309 g/mol. The third-order valence-electron chi connectivity index (χ3n) is 4.64. The Hall–Kier alpha value is -2.07. The molecule has 0 amide bonds. The maximum Gasteiger partial charge on any atom is 0.130 e. The summed E-state index contributed by atoms with van der Waals surface area (Å²) < 4.78 is 5.87. The Bertz CT molecular complexity index is 663. The molecule has 0 atom stereocenters. The van der Waals surface area contributed by atoms with Crippen molar-refractivity contribution in [3.8, 4) is 5.75 Å². The molecule has 3 heterocycles. The summed E-state index contributed by atoms with van der Waals surface area (Å²) in [4.78, 5) is 7.12. The SMILES string of the molecule is c1cc(OCc2ccc3c(n2)NCC3)ccc1CN1CCCC1. The summed E-state index contributed by atoms with van der Waals surface area (Å²) in [5.74, 6) is 1.93. The zero-order valence-electron chi connectivity index (χ0n) is 13.4. The van der Waals surface area contributed by atoms with Crippen LogP contribution in [0.4, 0.5) is 5.82 Å². The Balaban J connectivity index is 1.33. The van der Waals surface area contributed by atoms with Crippen molar-refractivity contribution in [2.45, 2.75) is 32.4 Å². The molecule has 1 aromatic heterocycles. The Labute approximate surface area is 137 Å². The molecule has 1 saturated heterocycles. The highest BCUT2D eigenvalue weighted by atomic mass is 16.5. The van der Waals surface area contributed by atoms with Gasteiger partial charge in [-0.25, -0.2) is 4.98 Å². The number of nitrogens with one attached hydrogen (secondary N) is 1. The Kier molecular flexibility index (Phi) is 4.16. The second kappa shape index (κ2) is 6.59. The molecule has 0 aliphatic carbocycles. The number of rotatable bonds is 5. The van der Waals surface area contributed by atoms with Gasteiger partial charge in [0.15, 0.2) is 0 Å². The van der Waals surface area contributed by atoms with Crippen LogP contribution in [0.25, 0.3) is 0 Å². The minimum Gasteiger partial charge on any atom is -0.487 e. The van der Waals surface area contributed by atoms with Crippen molar-refractivity contribution in [3.05, 3.63) is 53.2 Å². The quantitative estimate of drug-likeness (QED) is 0.920. The second-order valence-electron chi connectivity index (χ2n) is 6.40. The number of anilines is 1. The summed E-state index contributed by atoms with van der Waals surface area (Å²) >= 11 is 0. The number of hydrogen-bond acceptors (Lipinski definition) is 4. The predicted molar refractivity (Wildman–Crippen MR) is 91.7 cm³/mol. The van der Waals surface area contributed by atoms with Crippen LogP contribution in [0, 0.1) is 0 Å². The normalized spacial score (nSPS) is 17.0. The fourth-order valence-corrected chi connectivity index (χ4v) is 3.33. The van der Waals surface area contributed by atoms with Crippen LogP contribution in [0.2, 0.25) is 0 Å². The molecular formula is C19H23N3O. The zero-order chi connectivity index (χ0) is 15.5. The summed E-state index contributed by atoms with van der Waals surface area (Å²) in [6.45, 7) is 5.02. The van der Waals surface area contributed by atoms with Crippen LogP contribution in [0.15, 0.2) is 36.4 Å².